The van der Waals surface area contributed by atoms with Crippen molar-refractivity contribution in [2.24, 2.45) is 5.73 Å². The lowest BCUT2D eigenvalue weighted by Crippen LogP contribution is -2.44. The van der Waals surface area contributed by atoms with Crippen LogP contribution in [0, 0.1) is 0 Å². The summed E-state index contributed by atoms with van der Waals surface area (Å²) in [6.07, 6.45) is 2.57. The van der Waals surface area contributed by atoms with Crippen molar-refractivity contribution in [1.82, 2.24) is 5.32 Å². The lowest BCUT2D eigenvalue weighted by Gasteiger charge is -2.18. The van der Waals surface area contributed by atoms with E-state index < -0.39 is 6.04 Å². The number of ether oxygens (including phenoxy) is 1. The maximum atomic E-state index is 11.8. The Morgan fingerprint density at radius 2 is 2.20 bits per heavy atom. The third-order valence-electron chi connectivity index (χ3n) is 2.70. The maximum absolute atomic E-state index is 11.8. The second-order valence-electron chi connectivity index (χ2n) is 4.49. The van der Waals surface area contributed by atoms with Gasteiger partial charge in [0.15, 0.2) is 0 Å². The molecular formula is C14H21BrN2O2S. The first-order chi connectivity index (χ1) is 9.54. The molecule has 0 spiro atoms. The summed E-state index contributed by atoms with van der Waals surface area (Å²) in [6, 6.07) is 7.18. The number of carbonyl (C=O) groups is 1. The minimum absolute atomic E-state index is 0.120. The number of nitrogens with two attached hydrogens (primary N) is 1. The Kier molecular flexibility index (Phi) is 8.02. The molecule has 1 unspecified atom stereocenters. The number of rotatable bonds is 8. The molecule has 0 aliphatic heterocycles. The van der Waals surface area contributed by atoms with Gasteiger partial charge in [-0.25, -0.2) is 0 Å². The number of hydrogen-bond donors (Lipinski definition) is 2. The normalized spacial score (nSPS) is 13.6. The summed E-state index contributed by atoms with van der Waals surface area (Å²) in [5.74, 6) is 1.53. The van der Waals surface area contributed by atoms with Crippen molar-refractivity contribution in [3.8, 4) is 5.75 Å². The van der Waals surface area contributed by atoms with Gasteiger partial charge in [-0.1, -0.05) is 12.1 Å². The first kappa shape index (κ1) is 17.3. The van der Waals surface area contributed by atoms with Crippen molar-refractivity contribution >= 4 is 33.6 Å². The molecule has 0 fully saturated rings. The molecule has 20 heavy (non-hydrogen) atoms. The number of nitrogens with one attached hydrogen (secondary N) is 1. The van der Waals surface area contributed by atoms with Crippen molar-refractivity contribution in [3.63, 3.8) is 0 Å². The smallest absolute Gasteiger partial charge is 0.237 e. The maximum Gasteiger partial charge on any atom is 0.237 e. The van der Waals surface area contributed by atoms with Gasteiger partial charge in [-0.2, -0.15) is 11.8 Å². The molecule has 1 aromatic rings. The van der Waals surface area contributed by atoms with E-state index in [0.29, 0.717) is 13.0 Å². The van der Waals surface area contributed by atoms with Gasteiger partial charge in [0, 0.05) is 0 Å². The molecule has 112 valence electrons. The number of carbonyl (C=O) groups excluding carboxylic acids is 1. The molecule has 0 saturated heterocycles. The lowest BCUT2D eigenvalue weighted by molar-refractivity contribution is -0.122. The molecule has 0 bridgehead atoms. The summed E-state index contributed by atoms with van der Waals surface area (Å²) >= 11 is 5.11. The lowest BCUT2D eigenvalue weighted by atomic mass is 10.2. The average molecular weight is 361 g/mol. The molecule has 2 atom stereocenters. The van der Waals surface area contributed by atoms with Gasteiger partial charge in [0.05, 0.1) is 17.1 Å². The summed E-state index contributed by atoms with van der Waals surface area (Å²) < 4.78 is 6.65. The van der Waals surface area contributed by atoms with Crippen molar-refractivity contribution in [3.05, 3.63) is 28.7 Å². The van der Waals surface area contributed by atoms with E-state index >= 15 is 0 Å². The molecule has 0 radical (unpaired) electrons. The van der Waals surface area contributed by atoms with Crippen LogP contribution in [0.2, 0.25) is 0 Å². The topological polar surface area (TPSA) is 64.4 Å². The predicted molar refractivity (Wildman–Crippen MR) is 88.2 cm³/mol. The zero-order chi connectivity index (χ0) is 15.0. The second kappa shape index (κ2) is 9.26. The van der Waals surface area contributed by atoms with Crippen LogP contribution in [0.25, 0.3) is 0 Å². The van der Waals surface area contributed by atoms with Gasteiger partial charge in [0.25, 0.3) is 0 Å². The minimum atomic E-state index is -0.446. The minimum Gasteiger partial charge on any atom is -0.488 e. The van der Waals surface area contributed by atoms with E-state index in [2.05, 4.69) is 21.2 Å². The molecule has 1 aromatic carbocycles. The van der Waals surface area contributed by atoms with Gasteiger partial charge in [-0.05, 0) is 53.4 Å². The summed E-state index contributed by atoms with van der Waals surface area (Å²) in [5.41, 5.74) is 5.79. The molecule has 3 N–H and O–H groups in total. The Morgan fingerprint density at radius 3 is 2.85 bits per heavy atom. The van der Waals surface area contributed by atoms with Crippen molar-refractivity contribution < 1.29 is 9.53 Å². The summed E-state index contributed by atoms with van der Waals surface area (Å²) in [4.78, 5) is 11.8. The summed E-state index contributed by atoms with van der Waals surface area (Å²) in [7, 11) is 0. The molecule has 1 amide bonds. The quantitative estimate of drug-likeness (QED) is 0.747. The van der Waals surface area contributed by atoms with Crippen LogP contribution >= 0.6 is 27.7 Å². The molecule has 0 aromatic heterocycles. The predicted octanol–water partition coefficient (Wildman–Crippen LogP) is 2.41. The SMILES string of the molecule is CSCC[C@H](N)C(=O)NCC(C)Oc1ccccc1Br. The standard InChI is InChI=1S/C14H21BrN2O2S/c1-10(19-13-6-4-3-5-11(13)15)9-17-14(18)12(16)7-8-20-2/h3-6,10,12H,7-9,16H2,1-2H3,(H,17,18)/t10?,12-/m0/s1. The third-order valence-corrected chi connectivity index (χ3v) is 4.00. The fourth-order valence-corrected chi connectivity index (χ4v) is 2.42. The molecule has 4 nitrogen and oxygen atoms in total. The molecule has 1 rings (SSSR count). The average Bonchev–Trinajstić information content (AvgIpc) is 2.44. The van der Waals surface area contributed by atoms with E-state index in [0.717, 1.165) is 16.0 Å². The van der Waals surface area contributed by atoms with Crippen LogP contribution in [-0.2, 0) is 4.79 Å². The van der Waals surface area contributed by atoms with Crippen molar-refractivity contribution in [2.45, 2.75) is 25.5 Å². The summed E-state index contributed by atoms with van der Waals surface area (Å²) in [6.45, 7) is 2.35. The van der Waals surface area contributed by atoms with Crippen LogP contribution in [0.3, 0.4) is 0 Å². The van der Waals surface area contributed by atoms with Gasteiger partial charge in [-0.3, -0.25) is 4.79 Å². The van der Waals surface area contributed by atoms with Crippen LogP contribution in [0.4, 0.5) is 0 Å². The van der Waals surface area contributed by atoms with E-state index in [1.807, 2.05) is 37.4 Å². The van der Waals surface area contributed by atoms with Crippen molar-refractivity contribution in [2.75, 3.05) is 18.6 Å². The molecule has 0 aliphatic rings. The first-order valence-corrected chi connectivity index (χ1v) is 8.66. The highest BCUT2D eigenvalue weighted by molar-refractivity contribution is 9.10. The molecule has 0 saturated carbocycles. The number of thioether (sulfide) groups is 1. The Hall–Kier alpha value is -0.720. The monoisotopic (exact) mass is 360 g/mol. The molecule has 0 aliphatic carbocycles. The van der Waals surface area contributed by atoms with Crippen LogP contribution in [0.5, 0.6) is 5.75 Å². The highest BCUT2D eigenvalue weighted by Crippen LogP contribution is 2.24. The van der Waals surface area contributed by atoms with E-state index in [-0.39, 0.29) is 12.0 Å². The third kappa shape index (κ3) is 6.15. The van der Waals surface area contributed by atoms with Crippen molar-refractivity contribution in [1.29, 1.82) is 0 Å². The van der Waals surface area contributed by atoms with Crippen LogP contribution < -0.4 is 15.8 Å². The highest BCUT2D eigenvalue weighted by Gasteiger charge is 2.14. The van der Waals surface area contributed by atoms with Gasteiger partial charge >= 0.3 is 0 Å². The van der Waals surface area contributed by atoms with Gasteiger partial charge in [0.1, 0.15) is 11.9 Å². The van der Waals surface area contributed by atoms with E-state index in [1.165, 1.54) is 0 Å². The van der Waals surface area contributed by atoms with Crippen LogP contribution in [0.1, 0.15) is 13.3 Å². The number of benzene rings is 1. The Balaban J connectivity index is 2.34. The zero-order valence-corrected chi connectivity index (χ0v) is 14.2. The van der Waals surface area contributed by atoms with Gasteiger partial charge < -0.3 is 15.8 Å². The highest BCUT2D eigenvalue weighted by atomic mass is 79.9. The van der Waals surface area contributed by atoms with E-state index in [1.54, 1.807) is 11.8 Å². The first-order valence-electron chi connectivity index (χ1n) is 6.48. The number of amides is 1. The Labute approximate surface area is 133 Å². The van der Waals surface area contributed by atoms with Crippen LogP contribution in [-0.4, -0.2) is 36.6 Å². The van der Waals surface area contributed by atoms with Gasteiger partial charge in [0.2, 0.25) is 5.91 Å². The largest absolute Gasteiger partial charge is 0.488 e. The zero-order valence-electron chi connectivity index (χ0n) is 11.8. The molecule has 6 heteroatoms. The van der Waals surface area contributed by atoms with Gasteiger partial charge in [-0.15, -0.1) is 0 Å². The number of para-hydroxylation sites is 1. The summed E-state index contributed by atoms with van der Waals surface area (Å²) in [5, 5.41) is 2.82. The van der Waals surface area contributed by atoms with E-state index in [4.69, 9.17) is 10.5 Å². The molecule has 0 heterocycles. The Bertz CT molecular complexity index is 431. The fraction of sp³-hybridized carbons (Fsp3) is 0.500. The Morgan fingerprint density at radius 1 is 1.50 bits per heavy atom. The molecular weight excluding hydrogens is 340 g/mol. The van der Waals surface area contributed by atoms with Crippen LogP contribution in [0.15, 0.2) is 28.7 Å². The number of hydrogen-bond acceptors (Lipinski definition) is 4. The second-order valence-corrected chi connectivity index (χ2v) is 6.33. The fourth-order valence-electron chi connectivity index (χ4n) is 1.55. The number of halogens is 1. The van der Waals surface area contributed by atoms with E-state index in [9.17, 15) is 4.79 Å².